The molecule has 0 radical (unpaired) electrons. The van der Waals surface area contributed by atoms with Crippen molar-refractivity contribution < 1.29 is 0 Å². The molecule has 0 aliphatic carbocycles. The highest BCUT2D eigenvalue weighted by Crippen LogP contribution is 2.10. The van der Waals surface area contributed by atoms with Gasteiger partial charge in [0.05, 0.1) is 5.69 Å². The summed E-state index contributed by atoms with van der Waals surface area (Å²) in [4.78, 5) is 4.35. The molecule has 1 aromatic heterocycles. The second kappa shape index (κ2) is 4.45. The van der Waals surface area contributed by atoms with Gasteiger partial charge >= 0.3 is 0 Å². The average Bonchev–Trinajstić information content (AvgIpc) is 2.14. The molecule has 0 saturated heterocycles. The Morgan fingerprint density at radius 3 is 2.92 bits per heavy atom. The van der Waals surface area contributed by atoms with Gasteiger partial charge in [-0.05, 0) is 36.9 Å². The number of allylic oxidation sites excluding steroid dienone is 2. The highest BCUT2D eigenvalue weighted by molar-refractivity contribution is 5.69. The van der Waals surface area contributed by atoms with Crippen molar-refractivity contribution in [3.63, 3.8) is 0 Å². The first-order valence-corrected chi connectivity index (χ1v) is 4.21. The maximum Gasteiger partial charge on any atom is 0.0699 e. The molecule has 1 N–H and O–H groups in total. The number of rotatable bonds is 3. The fourth-order valence-corrected chi connectivity index (χ4v) is 0.991. The van der Waals surface area contributed by atoms with Crippen molar-refractivity contribution in [1.29, 1.82) is 0 Å². The Bertz CT molecular complexity index is 327. The molecule has 68 valence electrons. The lowest BCUT2D eigenvalue weighted by Gasteiger charge is -2.00. The second-order valence-corrected chi connectivity index (χ2v) is 2.81. The van der Waals surface area contributed by atoms with Crippen molar-refractivity contribution >= 4 is 5.57 Å². The van der Waals surface area contributed by atoms with Gasteiger partial charge in [0.1, 0.15) is 0 Å². The maximum atomic E-state index is 4.35. The van der Waals surface area contributed by atoms with Gasteiger partial charge < -0.3 is 5.32 Å². The Labute approximate surface area is 79.0 Å². The normalized spacial score (nSPS) is 10.3. The number of aromatic nitrogens is 1. The van der Waals surface area contributed by atoms with Gasteiger partial charge in [0.2, 0.25) is 0 Å². The first-order chi connectivity index (χ1) is 6.24. The minimum atomic E-state index is 0.915. The van der Waals surface area contributed by atoms with Gasteiger partial charge in [0, 0.05) is 12.7 Å². The number of hydrogen-bond donors (Lipinski definition) is 1. The van der Waals surface area contributed by atoms with Crippen LogP contribution in [-0.2, 0) is 0 Å². The van der Waals surface area contributed by atoms with Crippen molar-refractivity contribution in [2.24, 2.45) is 0 Å². The Kier molecular flexibility index (Phi) is 3.26. The van der Waals surface area contributed by atoms with Gasteiger partial charge in [-0.2, -0.15) is 0 Å². The highest BCUT2D eigenvalue weighted by Gasteiger charge is 1.95. The van der Waals surface area contributed by atoms with Crippen LogP contribution in [-0.4, -0.2) is 12.0 Å². The minimum absolute atomic E-state index is 0.915. The Hall–Kier alpha value is -1.57. The fourth-order valence-electron chi connectivity index (χ4n) is 0.991. The lowest BCUT2D eigenvalue weighted by atomic mass is 10.2. The van der Waals surface area contributed by atoms with E-state index in [0.717, 1.165) is 17.0 Å². The summed E-state index contributed by atoms with van der Waals surface area (Å²) < 4.78 is 0. The third-order valence-electron chi connectivity index (χ3n) is 1.67. The average molecular weight is 174 g/mol. The van der Waals surface area contributed by atoms with Crippen LogP contribution in [0, 0.1) is 6.92 Å². The van der Waals surface area contributed by atoms with E-state index < -0.39 is 0 Å². The van der Waals surface area contributed by atoms with Crippen LogP contribution >= 0.6 is 0 Å². The van der Waals surface area contributed by atoms with Gasteiger partial charge in [-0.1, -0.05) is 12.6 Å². The zero-order valence-corrected chi connectivity index (χ0v) is 8.04. The van der Waals surface area contributed by atoms with Crippen molar-refractivity contribution in [2.45, 2.75) is 6.92 Å². The van der Waals surface area contributed by atoms with Crippen molar-refractivity contribution in [3.8, 4) is 0 Å². The van der Waals surface area contributed by atoms with Crippen LogP contribution in [0.1, 0.15) is 11.4 Å². The lowest BCUT2D eigenvalue weighted by Crippen LogP contribution is -1.93. The number of nitrogens with one attached hydrogen (secondary N) is 1. The molecule has 1 rings (SSSR count). The van der Waals surface area contributed by atoms with E-state index in [-0.39, 0.29) is 0 Å². The molecule has 13 heavy (non-hydrogen) atoms. The smallest absolute Gasteiger partial charge is 0.0699 e. The second-order valence-electron chi connectivity index (χ2n) is 2.81. The van der Waals surface area contributed by atoms with E-state index in [0.29, 0.717) is 0 Å². The van der Waals surface area contributed by atoms with Crippen LogP contribution < -0.4 is 5.32 Å². The molecule has 2 nitrogen and oxygen atoms in total. The molecule has 0 aliphatic rings. The molecular formula is C11H14N2. The van der Waals surface area contributed by atoms with Gasteiger partial charge in [-0.15, -0.1) is 0 Å². The largest absolute Gasteiger partial charge is 0.394 e. The molecule has 0 fully saturated rings. The van der Waals surface area contributed by atoms with E-state index in [9.17, 15) is 0 Å². The number of pyridine rings is 1. The van der Waals surface area contributed by atoms with E-state index in [1.807, 2.05) is 44.4 Å². The van der Waals surface area contributed by atoms with Crippen molar-refractivity contribution in [3.05, 3.63) is 48.4 Å². The summed E-state index contributed by atoms with van der Waals surface area (Å²) in [6, 6.07) is 5.91. The molecule has 0 aliphatic heterocycles. The molecule has 0 aromatic carbocycles. The topological polar surface area (TPSA) is 24.9 Å². The first-order valence-electron chi connectivity index (χ1n) is 4.21. The fraction of sp³-hybridized carbons (Fsp3) is 0.182. The van der Waals surface area contributed by atoms with E-state index in [1.165, 1.54) is 0 Å². The van der Waals surface area contributed by atoms with Crippen LogP contribution in [0.2, 0.25) is 0 Å². The number of nitrogens with zero attached hydrogens (tertiary/aromatic N) is 1. The Morgan fingerprint density at radius 2 is 2.31 bits per heavy atom. The van der Waals surface area contributed by atoms with Crippen LogP contribution in [0.25, 0.3) is 5.57 Å². The van der Waals surface area contributed by atoms with Crippen molar-refractivity contribution in [2.75, 3.05) is 7.05 Å². The quantitative estimate of drug-likeness (QED) is 0.710. The first kappa shape index (κ1) is 9.52. The van der Waals surface area contributed by atoms with E-state index >= 15 is 0 Å². The summed E-state index contributed by atoms with van der Waals surface area (Å²) in [6.07, 6.45) is 3.74. The van der Waals surface area contributed by atoms with E-state index in [2.05, 4.69) is 16.9 Å². The number of aryl methyl sites for hydroxylation is 1. The van der Waals surface area contributed by atoms with Gasteiger partial charge in [-0.25, -0.2) is 0 Å². The SMILES string of the molecule is C=C(/C=C\NC)c1cccc(C)n1. The zero-order valence-electron chi connectivity index (χ0n) is 8.04. The van der Waals surface area contributed by atoms with Crippen LogP contribution in [0.5, 0.6) is 0 Å². The molecule has 0 atom stereocenters. The Morgan fingerprint density at radius 1 is 1.54 bits per heavy atom. The molecule has 0 bridgehead atoms. The number of hydrogen-bond acceptors (Lipinski definition) is 2. The summed E-state index contributed by atoms with van der Waals surface area (Å²) in [6.45, 7) is 5.89. The highest BCUT2D eigenvalue weighted by atomic mass is 14.8. The molecule has 1 heterocycles. The van der Waals surface area contributed by atoms with Gasteiger partial charge in [0.15, 0.2) is 0 Å². The monoisotopic (exact) mass is 174 g/mol. The molecule has 0 unspecified atom stereocenters. The van der Waals surface area contributed by atoms with E-state index in [1.54, 1.807) is 0 Å². The van der Waals surface area contributed by atoms with E-state index in [4.69, 9.17) is 0 Å². The zero-order chi connectivity index (χ0) is 9.68. The summed E-state index contributed by atoms with van der Waals surface area (Å²) >= 11 is 0. The van der Waals surface area contributed by atoms with Crippen LogP contribution in [0.3, 0.4) is 0 Å². The molecule has 2 heteroatoms. The minimum Gasteiger partial charge on any atom is -0.394 e. The predicted molar refractivity (Wildman–Crippen MR) is 56.2 cm³/mol. The molecular weight excluding hydrogens is 160 g/mol. The van der Waals surface area contributed by atoms with Crippen LogP contribution in [0.15, 0.2) is 37.1 Å². The molecule has 0 amide bonds. The summed E-state index contributed by atoms with van der Waals surface area (Å²) in [5.41, 5.74) is 2.85. The summed E-state index contributed by atoms with van der Waals surface area (Å²) in [5.74, 6) is 0. The molecule has 1 aromatic rings. The van der Waals surface area contributed by atoms with Crippen LogP contribution in [0.4, 0.5) is 0 Å². The third kappa shape index (κ3) is 2.75. The summed E-state index contributed by atoms with van der Waals surface area (Å²) in [5, 5.41) is 2.91. The maximum absolute atomic E-state index is 4.35. The van der Waals surface area contributed by atoms with Gasteiger partial charge in [-0.3, -0.25) is 4.98 Å². The van der Waals surface area contributed by atoms with Crippen molar-refractivity contribution in [1.82, 2.24) is 10.3 Å². The molecule has 0 saturated carbocycles. The summed E-state index contributed by atoms with van der Waals surface area (Å²) in [7, 11) is 1.85. The van der Waals surface area contributed by atoms with Gasteiger partial charge in [0.25, 0.3) is 0 Å². The molecule has 0 spiro atoms. The third-order valence-corrected chi connectivity index (χ3v) is 1.67. The predicted octanol–water partition coefficient (Wildman–Crippen LogP) is 2.14. The lowest BCUT2D eigenvalue weighted by molar-refractivity contribution is 1.10. The Balaban J connectivity index is 2.83. The standard InChI is InChI=1S/C11H14N2/c1-9(7-8-12-3)11-6-4-5-10(2)13-11/h4-8,12H,1H2,2-3H3/b8-7-.